The monoisotopic (exact) mass is 222 g/mol. The van der Waals surface area contributed by atoms with Gasteiger partial charge in [0.1, 0.15) is 0 Å². The third-order valence-electron chi connectivity index (χ3n) is 1.57. The number of hydrogen-bond donors (Lipinski definition) is 2. The third-order valence-corrected chi connectivity index (χ3v) is 2.48. The van der Waals surface area contributed by atoms with Crippen LogP contribution >= 0.6 is 11.8 Å². The maximum Gasteiger partial charge on any atom is 0.446 e. The van der Waals surface area contributed by atoms with Gasteiger partial charge in [0.05, 0.1) is 0 Å². The molecule has 0 heterocycles. The summed E-state index contributed by atoms with van der Waals surface area (Å²) in [6.45, 7) is 1.61. The number of benzene rings is 1. The first-order valence-corrected chi connectivity index (χ1v) is 4.57. The van der Waals surface area contributed by atoms with Gasteiger partial charge < -0.3 is 5.43 Å². The summed E-state index contributed by atoms with van der Waals surface area (Å²) in [7, 11) is 0. The maximum atomic E-state index is 12.0. The van der Waals surface area contributed by atoms with E-state index in [0.717, 1.165) is 0 Å². The predicted octanol–water partition coefficient (Wildman–Crippen LogP) is 2.89. The molecule has 0 spiro atoms. The number of hydrogen-bond acceptors (Lipinski definition) is 3. The van der Waals surface area contributed by atoms with Gasteiger partial charge in [0, 0.05) is 10.6 Å². The number of nitrogens with two attached hydrogens (primary N) is 1. The molecule has 0 bridgehead atoms. The molecule has 1 rings (SSSR count). The molecule has 78 valence electrons. The van der Waals surface area contributed by atoms with Gasteiger partial charge in [0.2, 0.25) is 0 Å². The second-order valence-corrected chi connectivity index (χ2v) is 3.78. The van der Waals surface area contributed by atoms with Crippen LogP contribution in [0.5, 0.6) is 0 Å². The molecule has 0 saturated heterocycles. The van der Waals surface area contributed by atoms with Crippen molar-refractivity contribution in [2.24, 2.45) is 5.84 Å². The van der Waals surface area contributed by atoms with Crippen LogP contribution in [0.2, 0.25) is 0 Å². The Bertz CT molecular complexity index is 325. The molecule has 0 radical (unpaired) electrons. The molecule has 1 aromatic rings. The van der Waals surface area contributed by atoms with Crippen molar-refractivity contribution in [1.29, 1.82) is 0 Å². The highest BCUT2D eigenvalue weighted by Gasteiger charge is 2.29. The van der Waals surface area contributed by atoms with Crippen LogP contribution in [0.4, 0.5) is 18.9 Å². The highest BCUT2D eigenvalue weighted by molar-refractivity contribution is 8.00. The summed E-state index contributed by atoms with van der Waals surface area (Å²) in [5.41, 5.74) is -0.744. The Morgan fingerprint density at radius 1 is 1.36 bits per heavy atom. The lowest BCUT2D eigenvalue weighted by atomic mass is 10.2. The Hall–Kier alpha value is -0.880. The topological polar surface area (TPSA) is 38.0 Å². The van der Waals surface area contributed by atoms with Gasteiger partial charge in [-0.25, -0.2) is 0 Å². The fourth-order valence-electron chi connectivity index (χ4n) is 0.978. The highest BCUT2D eigenvalue weighted by atomic mass is 32.2. The highest BCUT2D eigenvalue weighted by Crippen LogP contribution is 2.38. The van der Waals surface area contributed by atoms with Crippen molar-refractivity contribution >= 4 is 17.4 Å². The van der Waals surface area contributed by atoms with Crippen LogP contribution in [0.15, 0.2) is 23.1 Å². The van der Waals surface area contributed by atoms with E-state index in [1.807, 2.05) is 0 Å². The molecule has 3 N–H and O–H groups in total. The second kappa shape index (κ2) is 4.10. The summed E-state index contributed by atoms with van der Waals surface area (Å²) in [5, 5.41) is 0. The molecular weight excluding hydrogens is 213 g/mol. The lowest BCUT2D eigenvalue weighted by Gasteiger charge is -2.09. The van der Waals surface area contributed by atoms with E-state index in [1.54, 1.807) is 13.0 Å². The standard InChI is InChI=1S/C8H9F3N2S/c1-5-4-6(13-12)2-3-7(5)14-8(9,10)11/h2-4,13H,12H2,1H3. The van der Waals surface area contributed by atoms with E-state index >= 15 is 0 Å². The summed E-state index contributed by atoms with van der Waals surface area (Å²) in [6, 6.07) is 4.46. The van der Waals surface area contributed by atoms with Gasteiger partial charge in [-0.15, -0.1) is 0 Å². The molecule has 2 nitrogen and oxygen atoms in total. The number of alkyl halides is 3. The first-order chi connectivity index (χ1) is 6.42. The summed E-state index contributed by atoms with van der Waals surface area (Å²) in [6.07, 6.45) is 0. The van der Waals surface area contributed by atoms with E-state index in [-0.39, 0.29) is 16.7 Å². The molecule has 0 fully saturated rings. The minimum atomic E-state index is -4.25. The van der Waals surface area contributed by atoms with Gasteiger partial charge >= 0.3 is 5.51 Å². The molecule has 0 amide bonds. The van der Waals surface area contributed by atoms with Crippen molar-refractivity contribution in [1.82, 2.24) is 0 Å². The zero-order chi connectivity index (χ0) is 10.8. The molecule has 0 aliphatic carbocycles. The Labute approximate surface area is 83.6 Å². The fourth-order valence-corrected chi connectivity index (χ4v) is 1.58. The van der Waals surface area contributed by atoms with Crippen molar-refractivity contribution in [3.63, 3.8) is 0 Å². The number of nitrogen functional groups attached to an aromatic ring is 1. The van der Waals surface area contributed by atoms with E-state index in [0.29, 0.717) is 11.3 Å². The molecule has 0 aliphatic heterocycles. The third kappa shape index (κ3) is 3.12. The average Bonchev–Trinajstić information content (AvgIpc) is 2.06. The van der Waals surface area contributed by atoms with Crippen LogP contribution < -0.4 is 11.3 Å². The summed E-state index contributed by atoms with van der Waals surface area (Å²) >= 11 is -0.122. The number of hydrazine groups is 1. The maximum absolute atomic E-state index is 12.0. The number of anilines is 1. The second-order valence-electron chi connectivity index (χ2n) is 2.67. The van der Waals surface area contributed by atoms with Crippen LogP contribution in [0.25, 0.3) is 0 Å². The molecule has 6 heteroatoms. The Morgan fingerprint density at radius 2 is 2.00 bits per heavy atom. The molecular formula is C8H9F3N2S. The zero-order valence-electron chi connectivity index (χ0n) is 7.35. The average molecular weight is 222 g/mol. The summed E-state index contributed by atoms with van der Waals surface area (Å²) in [4.78, 5) is 0.191. The number of rotatable bonds is 2. The fraction of sp³-hybridized carbons (Fsp3) is 0.250. The van der Waals surface area contributed by atoms with Gasteiger partial charge in [-0.05, 0) is 42.4 Å². The van der Waals surface area contributed by atoms with E-state index in [1.165, 1.54) is 12.1 Å². The first kappa shape index (κ1) is 11.2. The quantitative estimate of drug-likeness (QED) is 0.459. The van der Waals surface area contributed by atoms with Crippen LogP contribution in [0.1, 0.15) is 5.56 Å². The molecule has 1 aromatic carbocycles. The Balaban J connectivity index is 2.89. The van der Waals surface area contributed by atoms with E-state index in [2.05, 4.69) is 5.43 Å². The lowest BCUT2D eigenvalue weighted by molar-refractivity contribution is -0.0328. The van der Waals surface area contributed by atoms with Crippen LogP contribution in [0, 0.1) is 6.92 Å². The number of halogens is 3. The SMILES string of the molecule is Cc1cc(NN)ccc1SC(F)(F)F. The lowest BCUT2D eigenvalue weighted by Crippen LogP contribution is -2.07. The first-order valence-electron chi connectivity index (χ1n) is 3.75. The number of nitrogens with one attached hydrogen (secondary N) is 1. The molecule has 14 heavy (non-hydrogen) atoms. The molecule has 0 aliphatic rings. The van der Waals surface area contributed by atoms with Gasteiger partial charge in [-0.3, -0.25) is 5.84 Å². The minimum Gasteiger partial charge on any atom is -0.324 e. The molecule has 0 unspecified atom stereocenters. The number of aryl methyl sites for hydroxylation is 1. The van der Waals surface area contributed by atoms with Crippen molar-refractivity contribution in [3.8, 4) is 0 Å². The largest absolute Gasteiger partial charge is 0.446 e. The van der Waals surface area contributed by atoms with E-state index < -0.39 is 5.51 Å². The predicted molar refractivity (Wildman–Crippen MR) is 50.9 cm³/mol. The van der Waals surface area contributed by atoms with Gasteiger partial charge in [-0.2, -0.15) is 13.2 Å². The Kier molecular flexibility index (Phi) is 3.28. The number of thioether (sulfide) groups is 1. The zero-order valence-corrected chi connectivity index (χ0v) is 8.17. The minimum absolute atomic E-state index is 0.122. The van der Waals surface area contributed by atoms with Gasteiger partial charge in [-0.1, -0.05) is 0 Å². The van der Waals surface area contributed by atoms with Crippen molar-refractivity contribution in [2.75, 3.05) is 5.43 Å². The van der Waals surface area contributed by atoms with E-state index in [4.69, 9.17) is 5.84 Å². The molecule has 0 atom stereocenters. The Morgan fingerprint density at radius 3 is 2.43 bits per heavy atom. The van der Waals surface area contributed by atoms with Crippen LogP contribution in [-0.4, -0.2) is 5.51 Å². The molecule has 0 aromatic heterocycles. The van der Waals surface area contributed by atoms with Crippen molar-refractivity contribution < 1.29 is 13.2 Å². The smallest absolute Gasteiger partial charge is 0.324 e. The normalized spacial score (nSPS) is 11.5. The van der Waals surface area contributed by atoms with Crippen LogP contribution in [0.3, 0.4) is 0 Å². The molecule has 0 saturated carbocycles. The van der Waals surface area contributed by atoms with Crippen LogP contribution in [-0.2, 0) is 0 Å². The van der Waals surface area contributed by atoms with E-state index in [9.17, 15) is 13.2 Å². The van der Waals surface area contributed by atoms with Gasteiger partial charge in [0.15, 0.2) is 0 Å². The van der Waals surface area contributed by atoms with Crippen molar-refractivity contribution in [2.45, 2.75) is 17.3 Å². The van der Waals surface area contributed by atoms with Gasteiger partial charge in [0.25, 0.3) is 0 Å². The van der Waals surface area contributed by atoms with Crippen molar-refractivity contribution in [3.05, 3.63) is 23.8 Å². The summed E-state index contributed by atoms with van der Waals surface area (Å²) in [5.74, 6) is 5.12. The summed E-state index contributed by atoms with van der Waals surface area (Å²) < 4.78 is 36.1.